The van der Waals surface area contributed by atoms with Gasteiger partial charge in [0.2, 0.25) is 5.91 Å². The summed E-state index contributed by atoms with van der Waals surface area (Å²) in [5.41, 5.74) is 1.24. The molecule has 6 rings (SSSR count). The van der Waals surface area contributed by atoms with E-state index in [0.29, 0.717) is 55.8 Å². The molecule has 7 nitrogen and oxygen atoms in total. The normalized spacial score (nSPS) is 22.7. The lowest BCUT2D eigenvalue weighted by atomic mass is 9.70. The minimum absolute atomic E-state index is 0.0580. The molecule has 11 heteroatoms. The van der Waals surface area contributed by atoms with Crippen molar-refractivity contribution in [3.8, 4) is 0 Å². The van der Waals surface area contributed by atoms with Gasteiger partial charge in [-0.2, -0.15) is 13.2 Å². The maximum Gasteiger partial charge on any atom is 0.403 e. The van der Waals surface area contributed by atoms with Crippen LogP contribution in [0.15, 0.2) is 42.4 Å². The molecule has 1 aromatic heterocycles. The van der Waals surface area contributed by atoms with Gasteiger partial charge in [-0.25, -0.2) is 14.4 Å². The Kier molecular flexibility index (Phi) is 7.05. The largest absolute Gasteiger partial charge is 0.403 e. The number of carbonyl (C=O) groups is 2. The van der Waals surface area contributed by atoms with Crippen molar-refractivity contribution in [1.82, 2.24) is 24.7 Å². The van der Waals surface area contributed by atoms with E-state index in [0.717, 1.165) is 12.1 Å². The zero-order valence-electron chi connectivity index (χ0n) is 23.9. The van der Waals surface area contributed by atoms with Gasteiger partial charge in [0.05, 0.1) is 17.0 Å². The highest BCUT2D eigenvalue weighted by Gasteiger charge is 2.69. The fourth-order valence-corrected chi connectivity index (χ4v) is 7.10. The first-order valence-electron chi connectivity index (χ1n) is 14.6. The molecule has 2 saturated heterocycles. The molecule has 0 spiro atoms. The number of likely N-dealkylation sites (tertiary alicyclic amines) is 2. The van der Waals surface area contributed by atoms with Crippen molar-refractivity contribution in [3.05, 3.63) is 70.7 Å². The molecule has 3 aliphatic heterocycles. The SMILES string of the molecule is Cc1ncnc(C)c1C(=O)N1CC2=CN(CCC3(c4cccc(F)c4)CCN(C(=O)C4(C(F)(F)F)CC4)CC3)CC2C1. The maximum absolute atomic E-state index is 14.3. The molecule has 4 aliphatic rings. The maximum atomic E-state index is 14.3. The molecule has 0 radical (unpaired) electrons. The lowest BCUT2D eigenvalue weighted by molar-refractivity contribution is -0.199. The quantitative estimate of drug-likeness (QED) is 0.456. The van der Waals surface area contributed by atoms with Crippen molar-refractivity contribution in [3.63, 3.8) is 0 Å². The van der Waals surface area contributed by atoms with Crippen LogP contribution in [0.25, 0.3) is 0 Å². The number of hydrogen-bond acceptors (Lipinski definition) is 5. The van der Waals surface area contributed by atoms with Gasteiger partial charge < -0.3 is 14.7 Å². The Morgan fingerprint density at radius 1 is 1.00 bits per heavy atom. The van der Waals surface area contributed by atoms with Crippen LogP contribution in [0.5, 0.6) is 0 Å². The number of piperidine rings is 1. The minimum atomic E-state index is -4.53. The van der Waals surface area contributed by atoms with Gasteiger partial charge >= 0.3 is 6.18 Å². The van der Waals surface area contributed by atoms with Crippen LogP contribution in [-0.4, -0.2) is 81.9 Å². The van der Waals surface area contributed by atoms with Gasteiger partial charge in [-0.15, -0.1) is 0 Å². The van der Waals surface area contributed by atoms with Crippen LogP contribution in [0.4, 0.5) is 17.6 Å². The number of alkyl halides is 3. The number of rotatable bonds is 6. The van der Waals surface area contributed by atoms with Gasteiger partial charge in [0.1, 0.15) is 17.6 Å². The minimum Gasteiger partial charge on any atom is -0.377 e. The smallest absolute Gasteiger partial charge is 0.377 e. The summed E-state index contributed by atoms with van der Waals surface area (Å²) in [5.74, 6) is -0.999. The average molecular weight is 586 g/mol. The number of fused-ring (bicyclic) bond motifs is 1. The van der Waals surface area contributed by atoms with Crippen molar-refractivity contribution >= 4 is 11.8 Å². The molecule has 1 aromatic carbocycles. The summed E-state index contributed by atoms with van der Waals surface area (Å²) in [5, 5.41) is 0. The summed E-state index contributed by atoms with van der Waals surface area (Å²) >= 11 is 0. The summed E-state index contributed by atoms with van der Waals surface area (Å²) < 4.78 is 55.2. The molecular formula is C31H35F4N5O2. The van der Waals surface area contributed by atoms with E-state index < -0.39 is 22.9 Å². The van der Waals surface area contributed by atoms with E-state index in [9.17, 15) is 27.2 Å². The Hall–Kier alpha value is -3.50. The fourth-order valence-electron chi connectivity index (χ4n) is 7.10. The molecular weight excluding hydrogens is 550 g/mol. The Morgan fingerprint density at radius 2 is 1.69 bits per heavy atom. The predicted molar refractivity (Wildman–Crippen MR) is 147 cm³/mol. The van der Waals surface area contributed by atoms with Crippen LogP contribution in [-0.2, 0) is 10.2 Å². The summed E-state index contributed by atoms with van der Waals surface area (Å²) in [6, 6.07) is 6.46. The predicted octanol–water partition coefficient (Wildman–Crippen LogP) is 4.80. The van der Waals surface area contributed by atoms with E-state index in [4.69, 9.17) is 0 Å². The number of benzene rings is 1. The highest BCUT2D eigenvalue weighted by Crippen LogP contribution is 2.59. The van der Waals surface area contributed by atoms with Crippen molar-refractivity contribution in [2.45, 2.75) is 57.5 Å². The van der Waals surface area contributed by atoms with Crippen molar-refractivity contribution < 1.29 is 27.2 Å². The molecule has 0 bridgehead atoms. The molecule has 1 aliphatic carbocycles. The molecule has 42 heavy (non-hydrogen) atoms. The molecule has 2 aromatic rings. The van der Waals surface area contributed by atoms with Gasteiger partial charge in [0.25, 0.3) is 5.91 Å². The van der Waals surface area contributed by atoms with Crippen molar-refractivity contribution in [2.75, 3.05) is 39.3 Å². The average Bonchev–Trinajstić information content (AvgIpc) is 3.56. The number of nitrogens with zero attached hydrogens (tertiary/aromatic N) is 5. The van der Waals surface area contributed by atoms with Crippen LogP contribution in [0.2, 0.25) is 0 Å². The van der Waals surface area contributed by atoms with E-state index in [1.165, 1.54) is 28.9 Å². The number of amides is 2. The van der Waals surface area contributed by atoms with E-state index in [-0.39, 0.29) is 43.6 Å². The van der Waals surface area contributed by atoms with Gasteiger partial charge in [-0.05, 0) is 69.2 Å². The number of hydrogen-bond donors (Lipinski definition) is 0. The molecule has 3 fully saturated rings. The van der Waals surface area contributed by atoms with E-state index >= 15 is 0 Å². The third-order valence-corrected chi connectivity index (χ3v) is 9.89. The Morgan fingerprint density at radius 3 is 2.29 bits per heavy atom. The van der Waals surface area contributed by atoms with Crippen molar-refractivity contribution in [2.24, 2.45) is 11.3 Å². The lowest BCUT2D eigenvalue weighted by Crippen LogP contribution is -2.51. The highest BCUT2D eigenvalue weighted by molar-refractivity contribution is 5.96. The Balaban J connectivity index is 1.13. The molecule has 1 unspecified atom stereocenters. The van der Waals surface area contributed by atoms with E-state index in [1.54, 1.807) is 6.07 Å². The number of aryl methyl sites for hydroxylation is 2. The first-order chi connectivity index (χ1) is 19.9. The third kappa shape index (κ3) is 4.94. The topological polar surface area (TPSA) is 69.6 Å². The number of aromatic nitrogens is 2. The molecule has 1 saturated carbocycles. The summed E-state index contributed by atoms with van der Waals surface area (Å²) in [7, 11) is 0. The van der Waals surface area contributed by atoms with Crippen LogP contribution in [0, 0.1) is 31.0 Å². The van der Waals surface area contributed by atoms with E-state index in [2.05, 4.69) is 21.1 Å². The van der Waals surface area contributed by atoms with Gasteiger partial charge in [-0.3, -0.25) is 9.59 Å². The summed E-state index contributed by atoms with van der Waals surface area (Å²) in [6.45, 7) is 6.68. The van der Waals surface area contributed by atoms with Crippen molar-refractivity contribution in [1.29, 1.82) is 0 Å². The van der Waals surface area contributed by atoms with Gasteiger partial charge in [0.15, 0.2) is 0 Å². The third-order valence-electron chi connectivity index (χ3n) is 9.89. The zero-order chi connectivity index (χ0) is 29.9. The molecule has 2 amide bonds. The first-order valence-corrected chi connectivity index (χ1v) is 14.6. The van der Waals surface area contributed by atoms with Crippen LogP contribution in [0.3, 0.4) is 0 Å². The van der Waals surface area contributed by atoms with Gasteiger partial charge in [0, 0.05) is 56.8 Å². The lowest BCUT2D eigenvalue weighted by Gasteiger charge is -2.44. The fraction of sp³-hybridized carbons (Fsp3) is 0.548. The number of halogens is 4. The Labute approximate surface area is 242 Å². The zero-order valence-corrected chi connectivity index (χ0v) is 23.9. The molecule has 4 heterocycles. The summed E-state index contributed by atoms with van der Waals surface area (Å²) in [6.07, 6.45) is 0.396. The molecule has 224 valence electrons. The van der Waals surface area contributed by atoms with Crippen LogP contribution >= 0.6 is 0 Å². The second kappa shape index (κ2) is 10.3. The monoisotopic (exact) mass is 585 g/mol. The van der Waals surface area contributed by atoms with Gasteiger partial charge in [-0.1, -0.05) is 12.1 Å². The second-order valence-corrected chi connectivity index (χ2v) is 12.4. The second-order valence-electron chi connectivity index (χ2n) is 12.4. The van der Waals surface area contributed by atoms with E-state index in [1.807, 2.05) is 24.8 Å². The Bertz CT molecular complexity index is 1410. The molecule has 0 N–H and O–H groups in total. The first kappa shape index (κ1) is 28.6. The number of carbonyl (C=O) groups excluding carboxylic acids is 2. The summed E-state index contributed by atoms with van der Waals surface area (Å²) in [4.78, 5) is 40.0. The standard InChI is InChI=1S/C31H35F4N5O2/c1-20-26(21(2)37-19-36-20)27(41)40-17-22-15-38(16-23(22)18-40)11-8-29(24-4-3-5-25(32)14-24)9-12-39(13-10-29)28(42)30(6-7-30)31(33,34)35/h3-5,14-15,19,23H,6-13,16-18H2,1-2H3. The van der Waals surface area contributed by atoms with Crippen LogP contribution < -0.4 is 0 Å². The molecule has 1 atom stereocenters. The highest BCUT2D eigenvalue weighted by atomic mass is 19.4. The van der Waals surface area contributed by atoms with Crippen LogP contribution in [0.1, 0.15) is 59.4 Å².